The molecule has 0 aliphatic heterocycles. The van der Waals surface area contributed by atoms with Gasteiger partial charge in [-0.1, -0.05) is 187 Å². The van der Waals surface area contributed by atoms with Crippen LogP contribution in [0.15, 0.2) is 213 Å². The van der Waals surface area contributed by atoms with Gasteiger partial charge in [0.05, 0.1) is 11.4 Å². The van der Waals surface area contributed by atoms with Gasteiger partial charge in [-0.15, -0.1) is 0 Å². The van der Waals surface area contributed by atoms with Crippen molar-refractivity contribution in [3.05, 3.63) is 213 Å². The molecule has 0 atom stereocenters. The maximum Gasteiger partial charge on any atom is 0.139 e. The van der Waals surface area contributed by atoms with Crippen LogP contribution in [-0.2, 0) is 0 Å². The highest BCUT2D eigenvalue weighted by atomic mass is 14.7. The van der Waals surface area contributed by atoms with Crippen LogP contribution in [0.1, 0.15) is 0 Å². The van der Waals surface area contributed by atoms with Gasteiger partial charge in [0.15, 0.2) is 0 Å². The highest BCUT2D eigenvalue weighted by Gasteiger charge is 2.18. The van der Waals surface area contributed by atoms with Crippen molar-refractivity contribution in [2.45, 2.75) is 0 Å². The van der Waals surface area contributed by atoms with Gasteiger partial charge >= 0.3 is 0 Å². The van der Waals surface area contributed by atoms with E-state index in [1.165, 1.54) is 5.46 Å². The average Bonchev–Trinajstić information content (AvgIpc) is 3.27. The Morgan fingerprint density at radius 2 is 0.582 bits per heavy atom. The molecule has 0 radical (unpaired) electrons. The van der Waals surface area contributed by atoms with Gasteiger partial charge in [-0.05, 0) is 73.8 Å². The van der Waals surface area contributed by atoms with Crippen LogP contribution in [0.3, 0.4) is 0 Å². The van der Waals surface area contributed by atoms with Crippen molar-refractivity contribution in [3.8, 4) is 89.3 Å². The molecule has 2 nitrogen and oxygen atoms in total. The van der Waals surface area contributed by atoms with Crippen molar-refractivity contribution in [1.29, 1.82) is 0 Å². The third-order valence-electron chi connectivity index (χ3n) is 10.3. The second kappa shape index (κ2) is 15.1. The van der Waals surface area contributed by atoms with Crippen LogP contribution in [0.2, 0.25) is 0 Å². The minimum Gasteiger partial charge on any atom is -0.256 e. The first-order valence-corrected chi connectivity index (χ1v) is 18.7. The maximum absolute atomic E-state index is 5.03. The summed E-state index contributed by atoms with van der Waals surface area (Å²) in [4.78, 5) is 10.1. The normalized spacial score (nSPS) is 11.0. The van der Waals surface area contributed by atoms with E-state index < -0.39 is 0 Å². The molecule has 0 aliphatic carbocycles. The zero-order valence-corrected chi connectivity index (χ0v) is 30.6. The fraction of sp³-hybridized carbons (Fsp3) is 0. The minimum atomic E-state index is 0.955. The Balaban J connectivity index is 1.19. The monoisotopic (exact) mass is 700 g/mol. The minimum absolute atomic E-state index is 0.955. The first kappa shape index (κ1) is 33.7. The van der Waals surface area contributed by atoms with Gasteiger partial charge < -0.3 is 0 Å². The average molecular weight is 701 g/mol. The standard InChI is InChI=1S/C52H37BN2/c53-42-30-40(43-25-13-15-27-45(43)49-34-54-51(38-21-9-3-10-22-38)32-47(49)36-17-5-1-6-18-36)29-41(31-42)44-26-14-16-28-46(44)50-35-55-52(39-23-11-4-12-24-39)33-48(50)37-19-7-2-8-20-37/h1-35H,53H2. The van der Waals surface area contributed by atoms with Crippen molar-refractivity contribution in [2.75, 3.05) is 0 Å². The van der Waals surface area contributed by atoms with Gasteiger partial charge in [-0.25, -0.2) is 0 Å². The largest absolute Gasteiger partial charge is 0.256 e. The SMILES string of the molecule is Bc1cc(-c2ccccc2-c2cnc(-c3ccccc3)cc2-c2ccccc2)cc(-c2ccccc2-c2cnc(-c3ccccc3)cc2-c2ccccc2)c1. The lowest BCUT2D eigenvalue weighted by atomic mass is 9.83. The Morgan fingerprint density at radius 3 is 0.964 bits per heavy atom. The summed E-state index contributed by atoms with van der Waals surface area (Å²) in [5.41, 5.74) is 19.1. The highest BCUT2D eigenvalue weighted by Crippen LogP contribution is 2.42. The van der Waals surface area contributed by atoms with Crippen molar-refractivity contribution >= 4 is 13.3 Å². The van der Waals surface area contributed by atoms with Gasteiger partial charge in [0.2, 0.25) is 0 Å². The molecule has 55 heavy (non-hydrogen) atoms. The molecule has 0 bridgehead atoms. The number of benzene rings is 7. The molecule has 0 N–H and O–H groups in total. The molecule has 0 unspecified atom stereocenters. The number of hydrogen-bond donors (Lipinski definition) is 0. The molecular weight excluding hydrogens is 663 g/mol. The van der Waals surface area contributed by atoms with Crippen LogP contribution in [0, 0.1) is 0 Å². The number of aromatic nitrogens is 2. The smallest absolute Gasteiger partial charge is 0.139 e. The summed E-state index contributed by atoms with van der Waals surface area (Å²) in [6, 6.07) is 70.9. The summed E-state index contributed by atoms with van der Waals surface area (Å²) in [5, 5.41) is 0. The van der Waals surface area contributed by atoms with Gasteiger partial charge in [-0.3, -0.25) is 9.97 Å². The van der Waals surface area contributed by atoms with Crippen LogP contribution < -0.4 is 5.46 Å². The van der Waals surface area contributed by atoms with Gasteiger partial charge in [0.25, 0.3) is 0 Å². The Bertz CT molecular complexity index is 2560. The van der Waals surface area contributed by atoms with E-state index in [0.29, 0.717) is 0 Å². The molecule has 0 aliphatic rings. The van der Waals surface area contributed by atoms with Crippen LogP contribution in [0.4, 0.5) is 0 Å². The molecule has 0 fully saturated rings. The molecule has 9 rings (SSSR count). The third-order valence-corrected chi connectivity index (χ3v) is 10.3. The Labute approximate surface area is 323 Å². The fourth-order valence-electron chi connectivity index (χ4n) is 7.62. The molecule has 0 saturated carbocycles. The molecule has 0 spiro atoms. The Morgan fingerprint density at radius 1 is 0.255 bits per heavy atom. The molecule has 2 aromatic heterocycles. The van der Waals surface area contributed by atoms with E-state index in [9.17, 15) is 0 Å². The topological polar surface area (TPSA) is 25.8 Å². The molecule has 0 amide bonds. The molecule has 258 valence electrons. The molecule has 9 aromatic rings. The summed E-state index contributed by atoms with van der Waals surface area (Å²) < 4.78 is 0. The van der Waals surface area contributed by atoms with Crippen molar-refractivity contribution in [2.24, 2.45) is 0 Å². The van der Waals surface area contributed by atoms with E-state index in [4.69, 9.17) is 9.97 Å². The molecule has 7 aromatic carbocycles. The number of hydrogen-bond acceptors (Lipinski definition) is 2. The summed E-state index contributed by atoms with van der Waals surface area (Å²) in [6.07, 6.45) is 4.10. The van der Waals surface area contributed by atoms with Gasteiger partial charge in [-0.2, -0.15) is 0 Å². The van der Waals surface area contributed by atoms with Gasteiger partial charge in [0.1, 0.15) is 7.85 Å². The molecular formula is C52H37BN2. The predicted octanol–water partition coefficient (Wildman–Crippen LogP) is 12.1. The van der Waals surface area contributed by atoms with E-state index in [-0.39, 0.29) is 0 Å². The second-order valence-electron chi connectivity index (χ2n) is 13.9. The zero-order chi connectivity index (χ0) is 37.0. The van der Waals surface area contributed by atoms with E-state index in [0.717, 1.165) is 89.3 Å². The highest BCUT2D eigenvalue weighted by molar-refractivity contribution is 6.33. The van der Waals surface area contributed by atoms with Crippen LogP contribution in [0.25, 0.3) is 89.3 Å². The lowest BCUT2D eigenvalue weighted by Crippen LogP contribution is -2.04. The van der Waals surface area contributed by atoms with Crippen molar-refractivity contribution in [3.63, 3.8) is 0 Å². The Kier molecular flexibility index (Phi) is 9.26. The molecule has 0 saturated heterocycles. The first-order chi connectivity index (χ1) is 27.2. The fourth-order valence-corrected chi connectivity index (χ4v) is 7.62. The summed E-state index contributed by atoms with van der Waals surface area (Å²) in [5.74, 6) is 0. The summed E-state index contributed by atoms with van der Waals surface area (Å²) in [6.45, 7) is 0. The van der Waals surface area contributed by atoms with Crippen LogP contribution >= 0.6 is 0 Å². The van der Waals surface area contributed by atoms with Crippen molar-refractivity contribution in [1.82, 2.24) is 9.97 Å². The zero-order valence-electron chi connectivity index (χ0n) is 30.6. The number of pyridine rings is 2. The van der Waals surface area contributed by atoms with Crippen LogP contribution in [-0.4, -0.2) is 17.8 Å². The lowest BCUT2D eigenvalue weighted by Gasteiger charge is -2.18. The van der Waals surface area contributed by atoms with Crippen molar-refractivity contribution < 1.29 is 0 Å². The van der Waals surface area contributed by atoms with E-state index >= 15 is 0 Å². The van der Waals surface area contributed by atoms with Gasteiger partial charge in [0, 0.05) is 34.6 Å². The predicted molar refractivity (Wildman–Crippen MR) is 234 cm³/mol. The van der Waals surface area contributed by atoms with Crippen LogP contribution in [0.5, 0.6) is 0 Å². The third kappa shape index (κ3) is 6.92. The molecule has 3 heteroatoms. The van der Waals surface area contributed by atoms with E-state index in [1.54, 1.807) is 0 Å². The summed E-state index contributed by atoms with van der Waals surface area (Å²) in [7, 11) is 2.19. The number of rotatable bonds is 8. The summed E-state index contributed by atoms with van der Waals surface area (Å²) >= 11 is 0. The maximum atomic E-state index is 5.03. The number of nitrogens with zero attached hydrogens (tertiary/aromatic N) is 2. The Hall–Kier alpha value is -7.10. The lowest BCUT2D eigenvalue weighted by molar-refractivity contribution is 1.32. The quantitative estimate of drug-likeness (QED) is 0.148. The van der Waals surface area contributed by atoms with E-state index in [1.807, 2.05) is 24.5 Å². The first-order valence-electron chi connectivity index (χ1n) is 18.7. The second-order valence-corrected chi connectivity index (χ2v) is 13.9. The van der Waals surface area contributed by atoms with E-state index in [2.05, 4.69) is 196 Å². The molecule has 2 heterocycles.